The number of carbonyl (C=O) groups excluding carboxylic acids is 3. The largest absolute Gasteiger partial charge is 0.507 e. The predicted molar refractivity (Wildman–Crippen MR) is 146 cm³/mol. The number of anilines is 1. The second kappa shape index (κ2) is 12.1. The summed E-state index contributed by atoms with van der Waals surface area (Å²) >= 11 is 0. The zero-order valence-electron chi connectivity index (χ0n) is 23.4. The number of amides is 3. The first-order chi connectivity index (χ1) is 17.2. The quantitative estimate of drug-likeness (QED) is 0.440. The maximum atomic E-state index is 13.9. The van der Waals surface area contributed by atoms with Gasteiger partial charge in [-0.15, -0.1) is 0 Å². The van der Waals surface area contributed by atoms with Gasteiger partial charge in [-0.25, -0.2) is 4.79 Å². The van der Waals surface area contributed by atoms with Crippen LogP contribution in [0.15, 0.2) is 36.4 Å². The third kappa shape index (κ3) is 7.47. The summed E-state index contributed by atoms with van der Waals surface area (Å²) in [7, 11) is 0. The van der Waals surface area contributed by atoms with Crippen molar-refractivity contribution in [2.24, 2.45) is 5.92 Å². The lowest BCUT2D eigenvalue weighted by molar-refractivity contribution is -0.141. The lowest BCUT2D eigenvalue weighted by Gasteiger charge is -2.35. The Labute approximate surface area is 220 Å². The third-order valence-corrected chi connectivity index (χ3v) is 6.08. The van der Waals surface area contributed by atoms with Gasteiger partial charge in [0.15, 0.2) is 0 Å². The molecule has 0 fully saturated rings. The summed E-state index contributed by atoms with van der Waals surface area (Å²) < 4.78 is 5.37. The van der Waals surface area contributed by atoms with E-state index >= 15 is 0 Å². The highest BCUT2D eigenvalue weighted by atomic mass is 16.6. The first-order valence-corrected chi connectivity index (χ1v) is 12.6. The van der Waals surface area contributed by atoms with Gasteiger partial charge in [-0.3, -0.25) is 9.59 Å². The van der Waals surface area contributed by atoms with Gasteiger partial charge >= 0.3 is 6.09 Å². The number of likely N-dealkylation sites (N-methyl/N-ethyl adjacent to an activating group) is 1. The molecule has 8 heteroatoms. The normalized spacial score (nSPS) is 13.0. The molecule has 3 amide bonds. The van der Waals surface area contributed by atoms with E-state index in [9.17, 15) is 19.5 Å². The Morgan fingerprint density at radius 1 is 0.973 bits per heavy atom. The van der Waals surface area contributed by atoms with E-state index in [4.69, 9.17) is 4.74 Å². The maximum absolute atomic E-state index is 13.9. The molecule has 0 radical (unpaired) electrons. The average molecular weight is 512 g/mol. The van der Waals surface area contributed by atoms with Crippen LogP contribution in [0.5, 0.6) is 5.75 Å². The molecule has 0 saturated heterocycles. The fourth-order valence-electron chi connectivity index (χ4n) is 4.15. The molecule has 2 aromatic rings. The Bertz CT molecular complexity index is 1120. The highest BCUT2D eigenvalue weighted by molar-refractivity contribution is 6.00. The number of benzene rings is 2. The topological polar surface area (TPSA) is 108 Å². The molecule has 37 heavy (non-hydrogen) atoms. The molecule has 0 spiro atoms. The van der Waals surface area contributed by atoms with E-state index in [0.29, 0.717) is 16.8 Å². The van der Waals surface area contributed by atoms with E-state index in [1.54, 1.807) is 52.8 Å². The number of alkyl carbamates (subject to hydrolysis) is 1. The standard InChI is InChI=1S/C29H41N3O5/c1-10-32(27(35)22(17(2)3)31-28(36)37-29(7,8)9)24(21-16-12-15-20(6)25(21)33)26(34)30-23-18(4)13-11-14-19(23)5/h11-17,22,24,33H,10H2,1-9H3,(H,30,34)(H,31,36). The molecular weight excluding hydrogens is 470 g/mol. The number of phenols is 1. The lowest BCUT2D eigenvalue weighted by atomic mass is 9.97. The molecule has 0 aliphatic rings. The first-order valence-electron chi connectivity index (χ1n) is 12.6. The van der Waals surface area contributed by atoms with E-state index in [0.717, 1.165) is 11.1 Å². The van der Waals surface area contributed by atoms with Crippen LogP contribution in [0.1, 0.15) is 69.8 Å². The van der Waals surface area contributed by atoms with E-state index in [1.807, 2.05) is 45.9 Å². The Kier molecular flexibility index (Phi) is 9.73. The first kappa shape index (κ1) is 29.7. The molecule has 0 heterocycles. The summed E-state index contributed by atoms with van der Waals surface area (Å²) in [5.41, 5.74) is 2.56. The van der Waals surface area contributed by atoms with Crippen molar-refractivity contribution in [3.63, 3.8) is 0 Å². The van der Waals surface area contributed by atoms with Crippen molar-refractivity contribution in [1.82, 2.24) is 10.2 Å². The van der Waals surface area contributed by atoms with Crippen molar-refractivity contribution in [1.29, 1.82) is 0 Å². The van der Waals surface area contributed by atoms with E-state index in [2.05, 4.69) is 10.6 Å². The van der Waals surface area contributed by atoms with Gasteiger partial charge in [-0.2, -0.15) is 0 Å². The second-order valence-corrected chi connectivity index (χ2v) is 10.7. The number of aromatic hydroxyl groups is 1. The van der Waals surface area contributed by atoms with Crippen molar-refractivity contribution in [2.75, 3.05) is 11.9 Å². The van der Waals surface area contributed by atoms with Crippen molar-refractivity contribution in [2.45, 2.75) is 80.0 Å². The zero-order chi connectivity index (χ0) is 28.1. The minimum absolute atomic E-state index is 0.0587. The third-order valence-electron chi connectivity index (χ3n) is 6.08. The smallest absolute Gasteiger partial charge is 0.408 e. The monoisotopic (exact) mass is 511 g/mol. The van der Waals surface area contributed by atoms with Crippen LogP contribution in [0.25, 0.3) is 0 Å². The number of nitrogens with one attached hydrogen (secondary N) is 2. The average Bonchev–Trinajstić information content (AvgIpc) is 2.78. The molecule has 8 nitrogen and oxygen atoms in total. The summed E-state index contributed by atoms with van der Waals surface area (Å²) in [6, 6.07) is 8.71. The van der Waals surface area contributed by atoms with Crippen LogP contribution in [0.2, 0.25) is 0 Å². The second-order valence-electron chi connectivity index (χ2n) is 10.7. The number of nitrogens with zero attached hydrogens (tertiary/aromatic N) is 1. The molecule has 2 unspecified atom stereocenters. The van der Waals surface area contributed by atoms with Gasteiger partial charge in [0.1, 0.15) is 23.4 Å². The van der Waals surface area contributed by atoms with Crippen molar-refractivity contribution in [3.8, 4) is 5.75 Å². The summed E-state index contributed by atoms with van der Waals surface area (Å²) in [5, 5.41) is 16.6. The highest BCUT2D eigenvalue weighted by Gasteiger charge is 2.38. The summed E-state index contributed by atoms with van der Waals surface area (Å²) in [6.45, 7) is 16.3. The number of rotatable bonds is 8. The van der Waals surface area contributed by atoms with Crippen LogP contribution in [0.3, 0.4) is 0 Å². The highest BCUT2D eigenvalue weighted by Crippen LogP contribution is 2.34. The Morgan fingerprint density at radius 2 is 1.51 bits per heavy atom. The van der Waals surface area contributed by atoms with Gasteiger partial charge in [0.2, 0.25) is 5.91 Å². The van der Waals surface area contributed by atoms with Crippen molar-refractivity contribution >= 4 is 23.6 Å². The summed E-state index contributed by atoms with van der Waals surface area (Å²) in [5.74, 6) is -1.27. The van der Waals surface area contributed by atoms with E-state index < -0.39 is 35.6 Å². The minimum atomic E-state index is -1.14. The molecular formula is C29H41N3O5. The molecule has 2 aromatic carbocycles. The Balaban J connectivity index is 2.55. The number of aryl methyl sites for hydroxylation is 3. The van der Waals surface area contributed by atoms with E-state index in [-0.39, 0.29) is 18.2 Å². The van der Waals surface area contributed by atoms with Crippen LogP contribution in [0.4, 0.5) is 10.5 Å². The Hall–Kier alpha value is -3.55. The van der Waals surface area contributed by atoms with Gasteiger partial charge in [0.25, 0.3) is 5.91 Å². The zero-order valence-corrected chi connectivity index (χ0v) is 23.4. The van der Waals surface area contributed by atoms with Crippen molar-refractivity contribution < 1.29 is 24.2 Å². The number of hydrogen-bond acceptors (Lipinski definition) is 5. The number of ether oxygens (including phenoxy) is 1. The SMILES string of the molecule is CCN(C(=O)C(NC(=O)OC(C)(C)C)C(C)C)C(C(=O)Nc1c(C)cccc1C)c1cccc(C)c1O. The molecule has 0 aliphatic carbocycles. The van der Waals surface area contributed by atoms with Gasteiger partial charge in [0.05, 0.1) is 0 Å². The fourth-order valence-corrected chi connectivity index (χ4v) is 4.15. The lowest BCUT2D eigenvalue weighted by Crippen LogP contribution is -2.54. The van der Waals surface area contributed by atoms with Crippen LogP contribution < -0.4 is 10.6 Å². The molecule has 3 N–H and O–H groups in total. The molecule has 2 rings (SSSR count). The Morgan fingerprint density at radius 3 is 2.03 bits per heavy atom. The van der Waals surface area contributed by atoms with Crippen LogP contribution >= 0.6 is 0 Å². The molecule has 0 aliphatic heterocycles. The molecule has 0 saturated carbocycles. The molecule has 0 aromatic heterocycles. The minimum Gasteiger partial charge on any atom is -0.507 e. The van der Waals surface area contributed by atoms with Crippen molar-refractivity contribution in [3.05, 3.63) is 58.7 Å². The summed E-state index contributed by atoms with van der Waals surface area (Å²) in [4.78, 5) is 41.7. The molecule has 202 valence electrons. The molecule has 2 atom stereocenters. The van der Waals surface area contributed by atoms with Gasteiger partial charge in [-0.1, -0.05) is 50.2 Å². The van der Waals surface area contributed by atoms with Crippen LogP contribution in [-0.4, -0.2) is 46.1 Å². The summed E-state index contributed by atoms with van der Waals surface area (Å²) in [6.07, 6.45) is -0.717. The number of carbonyl (C=O) groups is 3. The van der Waals surface area contributed by atoms with Crippen LogP contribution in [0, 0.1) is 26.7 Å². The number of hydrogen-bond donors (Lipinski definition) is 3. The predicted octanol–water partition coefficient (Wildman–Crippen LogP) is 5.40. The van der Waals surface area contributed by atoms with Crippen LogP contribution in [-0.2, 0) is 14.3 Å². The number of phenolic OH excluding ortho intramolecular Hbond substituents is 1. The number of para-hydroxylation sites is 2. The fraction of sp³-hybridized carbons (Fsp3) is 0.483. The molecule has 0 bridgehead atoms. The van der Waals surface area contributed by atoms with Gasteiger partial charge < -0.3 is 25.4 Å². The van der Waals surface area contributed by atoms with Gasteiger partial charge in [0, 0.05) is 17.8 Å². The van der Waals surface area contributed by atoms with Gasteiger partial charge in [-0.05, 0) is 71.1 Å². The van der Waals surface area contributed by atoms with E-state index in [1.165, 1.54) is 4.90 Å². The maximum Gasteiger partial charge on any atom is 0.408 e.